The maximum absolute atomic E-state index is 12.0. The van der Waals surface area contributed by atoms with Gasteiger partial charge in [0.1, 0.15) is 0 Å². The van der Waals surface area contributed by atoms with Gasteiger partial charge >= 0.3 is 0 Å². The Kier molecular flexibility index (Phi) is 2.28. The minimum atomic E-state index is -0.251. The number of amides is 1. The van der Waals surface area contributed by atoms with E-state index in [9.17, 15) is 4.79 Å². The van der Waals surface area contributed by atoms with Crippen LogP contribution in [0.15, 0.2) is 0 Å². The Morgan fingerprint density at radius 2 is 2.08 bits per heavy atom. The van der Waals surface area contributed by atoms with E-state index in [-0.39, 0.29) is 5.54 Å². The summed E-state index contributed by atoms with van der Waals surface area (Å²) in [4.78, 5) is 13.9. The molecule has 2 saturated heterocycles. The van der Waals surface area contributed by atoms with Crippen LogP contribution in [0.25, 0.3) is 0 Å². The summed E-state index contributed by atoms with van der Waals surface area (Å²) in [7, 11) is 0. The summed E-state index contributed by atoms with van der Waals surface area (Å²) in [5.74, 6) is 0.318. The second-order valence-corrected chi connectivity index (χ2v) is 4.36. The van der Waals surface area contributed by atoms with Gasteiger partial charge in [-0.1, -0.05) is 0 Å². The molecule has 0 aliphatic carbocycles. The standard InChI is InChI=1S/C10H18N2O/c1-10(5-2-3-6-11-10)9(13)12-7-4-8-12/h11H,2-8H2,1H3. The quantitative estimate of drug-likeness (QED) is 0.649. The van der Waals surface area contributed by atoms with Gasteiger partial charge < -0.3 is 10.2 Å². The number of likely N-dealkylation sites (tertiary alicyclic amines) is 1. The summed E-state index contributed by atoms with van der Waals surface area (Å²) in [5, 5.41) is 3.35. The second kappa shape index (κ2) is 3.29. The fraction of sp³-hybridized carbons (Fsp3) is 0.900. The molecule has 0 aromatic heterocycles. The lowest BCUT2D eigenvalue weighted by Gasteiger charge is -2.41. The lowest BCUT2D eigenvalue weighted by molar-refractivity contribution is -0.142. The number of nitrogens with zero attached hydrogens (tertiary/aromatic N) is 1. The van der Waals surface area contributed by atoms with Gasteiger partial charge in [0.2, 0.25) is 5.91 Å². The number of carbonyl (C=O) groups is 1. The average Bonchev–Trinajstić information content (AvgIpc) is 2.02. The van der Waals surface area contributed by atoms with Gasteiger partial charge in [-0.3, -0.25) is 4.79 Å². The SMILES string of the molecule is CC1(C(=O)N2CCC2)CCCCN1. The number of hydrogen-bond donors (Lipinski definition) is 1. The summed E-state index contributed by atoms with van der Waals surface area (Å²) in [5.41, 5.74) is -0.251. The monoisotopic (exact) mass is 182 g/mol. The van der Waals surface area contributed by atoms with Crippen LogP contribution in [0, 0.1) is 0 Å². The lowest BCUT2D eigenvalue weighted by Crippen LogP contribution is -2.60. The van der Waals surface area contributed by atoms with Crippen molar-refractivity contribution < 1.29 is 4.79 Å². The number of rotatable bonds is 1. The lowest BCUT2D eigenvalue weighted by atomic mass is 9.88. The van der Waals surface area contributed by atoms with E-state index in [4.69, 9.17) is 0 Å². The molecule has 3 heteroatoms. The van der Waals surface area contributed by atoms with Crippen molar-refractivity contribution in [1.29, 1.82) is 0 Å². The first kappa shape index (κ1) is 9.00. The summed E-state index contributed by atoms with van der Waals surface area (Å²) < 4.78 is 0. The molecule has 13 heavy (non-hydrogen) atoms. The molecule has 0 aromatic carbocycles. The van der Waals surface area contributed by atoms with E-state index in [1.165, 1.54) is 19.3 Å². The Bertz CT molecular complexity index is 205. The summed E-state index contributed by atoms with van der Waals surface area (Å²) >= 11 is 0. The Labute approximate surface area is 79.5 Å². The summed E-state index contributed by atoms with van der Waals surface area (Å²) in [6.45, 7) is 4.98. The summed E-state index contributed by atoms with van der Waals surface area (Å²) in [6, 6.07) is 0. The highest BCUT2D eigenvalue weighted by molar-refractivity contribution is 5.86. The van der Waals surface area contributed by atoms with Crippen LogP contribution in [0.5, 0.6) is 0 Å². The van der Waals surface area contributed by atoms with E-state index in [1.54, 1.807) is 0 Å². The van der Waals surface area contributed by atoms with E-state index in [0.717, 1.165) is 26.1 Å². The van der Waals surface area contributed by atoms with E-state index >= 15 is 0 Å². The Morgan fingerprint density at radius 3 is 2.54 bits per heavy atom. The largest absolute Gasteiger partial charge is 0.341 e. The van der Waals surface area contributed by atoms with Crippen LogP contribution in [-0.2, 0) is 4.79 Å². The summed E-state index contributed by atoms with van der Waals surface area (Å²) in [6.07, 6.45) is 4.58. The van der Waals surface area contributed by atoms with Crippen LogP contribution >= 0.6 is 0 Å². The number of nitrogens with one attached hydrogen (secondary N) is 1. The van der Waals surface area contributed by atoms with Gasteiger partial charge in [-0.15, -0.1) is 0 Å². The molecular weight excluding hydrogens is 164 g/mol. The van der Waals surface area contributed by atoms with E-state index in [2.05, 4.69) is 5.32 Å². The second-order valence-electron chi connectivity index (χ2n) is 4.36. The molecular formula is C10H18N2O. The van der Waals surface area contributed by atoms with E-state index < -0.39 is 0 Å². The first-order chi connectivity index (χ1) is 6.22. The van der Waals surface area contributed by atoms with Crippen molar-refractivity contribution in [3.8, 4) is 0 Å². The van der Waals surface area contributed by atoms with Gasteiger partial charge in [-0.2, -0.15) is 0 Å². The first-order valence-corrected chi connectivity index (χ1v) is 5.27. The van der Waals surface area contributed by atoms with Gasteiger partial charge in [0, 0.05) is 13.1 Å². The van der Waals surface area contributed by atoms with Gasteiger partial charge in [-0.25, -0.2) is 0 Å². The van der Waals surface area contributed by atoms with E-state index in [1.807, 2.05) is 11.8 Å². The maximum Gasteiger partial charge on any atom is 0.242 e. The van der Waals surface area contributed by atoms with E-state index in [0.29, 0.717) is 5.91 Å². The van der Waals surface area contributed by atoms with Crippen LogP contribution in [0.4, 0.5) is 0 Å². The molecule has 0 radical (unpaired) electrons. The van der Waals surface area contributed by atoms with Crippen molar-refractivity contribution >= 4 is 5.91 Å². The third-order valence-electron chi connectivity index (χ3n) is 3.23. The highest BCUT2D eigenvalue weighted by Gasteiger charge is 2.38. The smallest absolute Gasteiger partial charge is 0.242 e. The van der Waals surface area contributed by atoms with Crippen molar-refractivity contribution in [3.05, 3.63) is 0 Å². The molecule has 2 aliphatic heterocycles. The third kappa shape index (κ3) is 1.57. The zero-order valence-corrected chi connectivity index (χ0v) is 8.31. The van der Waals surface area contributed by atoms with Gasteiger partial charge in [0.15, 0.2) is 0 Å². The van der Waals surface area contributed by atoms with Gasteiger partial charge in [0.25, 0.3) is 0 Å². The Balaban J connectivity index is 1.99. The van der Waals surface area contributed by atoms with Crippen LogP contribution in [-0.4, -0.2) is 36.0 Å². The molecule has 0 saturated carbocycles. The predicted molar refractivity (Wildman–Crippen MR) is 51.5 cm³/mol. The molecule has 1 amide bonds. The molecule has 0 bridgehead atoms. The van der Waals surface area contributed by atoms with Crippen LogP contribution in [0.3, 0.4) is 0 Å². The molecule has 74 valence electrons. The van der Waals surface area contributed by atoms with Crippen molar-refractivity contribution in [3.63, 3.8) is 0 Å². The van der Waals surface area contributed by atoms with Gasteiger partial charge in [0.05, 0.1) is 5.54 Å². The van der Waals surface area contributed by atoms with Crippen LogP contribution < -0.4 is 5.32 Å². The molecule has 2 aliphatic rings. The fourth-order valence-corrected chi connectivity index (χ4v) is 2.11. The zero-order valence-electron chi connectivity index (χ0n) is 8.31. The number of hydrogen-bond acceptors (Lipinski definition) is 2. The minimum Gasteiger partial charge on any atom is -0.341 e. The number of carbonyl (C=O) groups excluding carboxylic acids is 1. The van der Waals surface area contributed by atoms with Crippen LogP contribution in [0.2, 0.25) is 0 Å². The fourth-order valence-electron chi connectivity index (χ4n) is 2.11. The number of piperidine rings is 1. The minimum absolute atomic E-state index is 0.251. The van der Waals surface area contributed by atoms with Gasteiger partial charge in [-0.05, 0) is 39.2 Å². The third-order valence-corrected chi connectivity index (χ3v) is 3.23. The molecule has 0 aromatic rings. The van der Waals surface area contributed by atoms with Crippen molar-refractivity contribution in [2.75, 3.05) is 19.6 Å². The highest BCUT2D eigenvalue weighted by atomic mass is 16.2. The van der Waals surface area contributed by atoms with Crippen molar-refractivity contribution in [1.82, 2.24) is 10.2 Å². The molecule has 2 fully saturated rings. The zero-order chi connectivity index (χ0) is 9.31. The molecule has 1 unspecified atom stereocenters. The topological polar surface area (TPSA) is 32.3 Å². The average molecular weight is 182 g/mol. The molecule has 1 N–H and O–H groups in total. The molecule has 2 rings (SSSR count). The predicted octanol–water partition coefficient (Wildman–Crippen LogP) is 0.751. The normalized spacial score (nSPS) is 34.1. The highest BCUT2D eigenvalue weighted by Crippen LogP contribution is 2.23. The molecule has 3 nitrogen and oxygen atoms in total. The molecule has 2 heterocycles. The van der Waals surface area contributed by atoms with Crippen molar-refractivity contribution in [2.24, 2.45) is 0 Å². The first-order valence-electron chi connectivity index (χ1n) is 5.27. The van der Waals surface area contributed by atoms with Crippen LogP contribution in [0.1, 0.15) is 32.6 Å². The van der Waals surface area contributed by atoms with Crippen molar-refractivity contribution in [2.45, 2.75) is 38.1 Å². The molecule has 1 atom stereocenters. The molecule has 0 spiro atoms. The maximum atomic E-state index is 12.0. The Hall–Kier alpha value is -0.570. The Morgan fingerprint density at radius 1 is 1.31 bits per heavy atom.